The molecule has 0 aliphatic heterocycles. The van der Waals surface area contributed by atoms with Crippen LogP contribution in [0.4, 0.5) is 4.39 Å². The number of furan rings is 1. The van der Waals surface area contributed by atoms with Crippen LogP contribution < -0.4 is 10.1 Å². The van der Waals surface area contributed by atoms with Gasteiger partial charge in [0.2, 0.25) is 5.91 Å². The number of thioether (sulfide) groups is 1. The molecule has 0 bridgehead atoms. The Morgan fingerprint density at radius 1 is 1.14 bits per heavy atom. The number of aromatic nitrogens is 5. The first kappa shape index (κ1) is 22.6. The lowest BCUT2D eigenvalue weighted by Gasteiger charge is -2.05. The van der Waals surface area contributed by atoms with Crippen molar-refractivity contribution in [1.29, 1.82) is 0 Å². The fourth-order valence-corrected chi connectivity index (χ4v) is 3.93. The number of ether oxygens (including phenoxy) is 1. The highest BCUT2D eigenvalue weighted by atomic mass is 32.2. The monoisotopic (exact) mass is 494 g/mol. The zero-order valence-corrected chi connectivity index (χ0v) is 19.3. The maximum Gasteiger partial charge on any atom is 0.284 e. The van der Waals surface area contributed by atoms with Crippen LogP contribution in [0, 0.1) is 5.82 Å². The molecule has 178 valence electrons. The van der Waals surface area contributed by atoms with E-state index in [1.54, 1.807) is 25.4 Å². The Morgan fingerprint density at radius 2 is 2.00 bits per heavy atom. The number of amides is 1. The van der Waals surface area contributed by atoms with Crippen molar-refractivity contribution in [3.8, 4) is 17.4 Å². The molecule has 12 heteroatoms. The van der Waals surface area contributed by atoms with E-state index in [1.165, 1.54) is 28.6 Å². The van der Waals surface area contributed by atoms with E-state index in [1.807, 2.05) is 24.3 Å². The molecule has 0 unspecified atom stereocenters. The highest BCUT2D eigenvalue weighted by Gasteiger charge is 2.16. The average molecular weight is 495 g/mol. The predicted molar refractivity (Wildman–Crippen MR) is 124 cm³/mol. The van der Waals surface area contributed by atoms with Crippen LogP contribution >= 0.6 is 11.8 Å². The summed E-state index contributed by atoms with van der Waals surface area (Å²) in [4.78, 5) is 12.2. The maximum absolute atomic E-state index is 13.0. The van der Waals surface area contributed by atoms with Crippen LogP contribution in [0.5, 0.6) is 5.75 Å². The molecule has 0 aliphatic rings. The number of nitrogens with one attached hydrogen (secondary N) is 1. The second-order valence-electron chi connectivity index (χ2n) is 7.46. The van der Waals surface area contributed by atoms with Gasteiger partial charge in [-0.15, -0.1) is 15.3 Å². The lowest BCUT2D eigenvalue weighted by Crippen LogP contribution is -2.27. The van der Waals surface area contributed by atoms with Crippen LogP contribution in [0.25, 0.3) is 22.6 Å². The Balaban J connectivity index is 1.15. The standard InChI is InChI=1S/C23H19FN6O4S/c1-32-18-4-2-3-15-9-19(33-21(15)18)22-27-28-23(34-22)35-13-17-11-30(29-26-17)12-20(31)25-10-14-5-7-16(24)8-6-14/h2-9,11H,10,12-13H2,1H3,(H,25,31). The van der Waals surface area contributed by atoms with Crippen molar-refractivity contribution in [2.24, 2.45) is 0 Å². The highest BCUT2D eigenvalue weighted by Crippen LogP contribution is 2.33. The van der Waals surface area contributed by atoms with E-state index in [0.717, 1.165) is 10.9 Å². The molecule has 2 aromatic carbocycles. The fourth-order valence-electron chi connectivity index (χ4n) is 3.29. The zero-order chi connectivity index (χ0) is 24.2. The number of hydrogen-bond donors (Lipinski definition) is 1. The molecule has 10 nitrogen and oxygen atoms in total. The molecule has 3 aromatic heterocycles. The third-order valence-electron chi connectivity index (χ3n) is 4.98. The van der Waals surface area contributed by atoms with E-state index >= 15 is 0 Å². The lowest BCUT2D eigenvalue weighted by molar-refractivity contribution is -0.122. The molecule has 0 atom stereocenters. The maximum atomic E-state index is 13.0. The van der Waals surface area contributed by atoms with E-state index in [-0.39, 0.29) is 24.2 Å². The first-order chi connectivity index (χ1) is 17.1. The van der Waals surface area contributed by atoms with Crippen molar-refractivity contribution in [1.82, 2.24) is 30.5 Å². The van der Waals surface area contributed by atoms with Gasteiger partial charge >= 0.3 is 0 Å². The van der Waals surface area contributed by atoms with Crippen LogP contribution in [0.1, 0.15) is 11.3 Å². The van der Waals surface area contributed by atoms with E-state index in [9.17, 15) is 9.18 Å². The molecule has 35 heavy (non-hydrogen) atoms. The normalized spacial score (nSPS) is 11.1. The molecule has 0 spiro atoms. The number of halogens is 1. The summed E-state index contributed by atoms with van der Waals surface area (Å²) >= 11 is 1.29. The summed E-state index contributed by atoms with van der Waals surface area (Å²) in [7, 11) is 1.58. The Morgan fingerprint density at radius 3 is 2.83 bits per heavy atom. The van der Waals surface area contributed by atoms with E-state index in [0.29, 0.717) is 40.3 Å². The minimum absolute atomic E-state index is 0.0130. The van der Waals surface area contributed by atoms with Crippen molar-refractivity contribution in [2.45, 2.75) is 24.1 Å². The summed E-state index contributed by atoms with van der Waals surface area (Å²) in [5.41, 5.74) is 2.06. The Labute approximate surface area is 202 Å². The number of carbonyl (C=O) groups is 1. The number of benzene rings is 2. The minimum atomic E-state index is -0.319. The smallest absolute Gasteiger partial charge is 0.284 e. The van der Waals surface area contributed by atoms with Gasteiger partial charge in [0, 0.05) is 23.9 Å². The SMILES string of the molecule is COc1cccc2cc(-c3nnc(SCc4cn(CC(=O)NCc5ccc(F)cc5)nn4)o3)oc12. The zero-order valence-electron chi connectivity index (χ0n) is 18.5. The number of methoxy groups -OCH3 is 1. The largest absolute Gasteiger partial charge is 0.493 e. The second-order valence-corrected chi connectivity index (χ2v) is 8.39. The number of hydrogen-bond acceptors (Lipinski definition) is 9. The number of fused-ring (bicyclic) bond motifs is 1. The Kier molecular flexibility index (Phi) is 6.44. The Bertz CT molecular complexity index is 1460. The molecule has 3 heterocycles. The average Bonchev–Trinajstić information content (AvgIpc) is 3.61. The number of para-hydroxylation sites is 1. The molecular formula is C23H19FN6O4S. The Hall–Kier alpha value is -4.19. The first-order valence-electron chi connectivity index (χ1n) is 10.5. The summed E-state index contributed by atoms with van der Waals surface area (Å²) in [6, 6.07) is 13.3. The van der Waals surface area contributed by atoms with Gasteiger partial charge in [-0.05, 0) is 29.8 Å². The summed E-state index contributed by atoms with van der Waals surface area (Å²) in [6.07, 6.45) is 1.67. The van der Waals surface area contributed by atoms with Crippen LogP contribution in [0.3, 0.4) is 0 Å². The van der Waals surface area contributed by atoms with Gasteiger partial charge in [0.05, 0.1) is 12.8 Å². The van der Waals surface area contributed by atoms with Gasteiger partial charge in [-0.3, -0.25) is 4.79 Å². The van der Waals surface area contributed by atoms with Gasteiger partial charge in [-0.1, -0.05) is 41.2 Å². The topological polar surface area (TPSA) is 121 Å². The van der Waals surface area contributed by atoms with Crippen molar-refractivity contribution in [2.75, 3.05) is 7.11 Å². The molecule has 0 saturated heterocycles. The van der Waals surface area contributed by atoms with Gasteiger partial charge in [0.1, 0.15) is 12.4 Å². The van der Waals surface area contributed by atoms with Crippen LogP contribution in [-0.4, -0.2) is 38.2 Å². The third-order valence-corrected chi connectivity index (χ3v) is 5.84. The second kappa shape index (κ2) is 9.97. The van der Waals surface area contributed by atoms with Crippen LogP contribution in [0.15, 0.2) is 68.8 Å². The van der Waals surface area contributed by atoms with E-state index in [2.05, 4.69) is 25.8 Å². The van der Waals surface area contributed by atoms with Crippen LogP contribution in [0.2, 0.25) is 0 Å². The van der Waals surface area contributed by atoms with Gasteiger partial charge < -0.3 is 18.9 Å². The highest BCUT2D eigenvalue weighted by molar-refractivity contribution is 7.98. The number of rotatable bonds is 9. The molecule has 1 amide bonds. The quantitative estimate of drug-likeness (QED) is 0.305. The minimum Gasteiger partial charge on any atom is -0.493 e. The van der Waals surface area contributed by atoms with Crippen molar-refractivity contribution < 1.29 is 22.8 Å². The summed E-state index contributed by atoms with van der Waals surface area (Å²) in [6.45, 7) is 0.313. The van der Waals surface area contributed by atoms with Gasteiger partial charge in [0.25, 0.3) is 11.1 Å². The molecule has 1 N–H and O–H groups in total. The van der Waals surface area contributed by atoms with Gasteiger partial charge in [-0.25, -0.2) is 9.07 Å². The van der Waals surface area contributed by atoms with Gasteiger partial charge in [-0.2, -0.15) is 0 Å². The molecular weight excluding hydrogens is 475 g/mol. The van der Waals surface area contributed by atoms with E-state index in [4.69, 9.17) is 13.6 Å². The first-order valence-corrected chi connectivity index (χ1v) is 11.5. The van der Waals surface area contributed by atoms with E-state index < -0.39 is 0 Å². The summed E-state index contributed by atoms with van der Waals surface area (Å²) in [5.74, 6) is 1.19. The summed E-state index contributed by atoms with van der Waals surface area (Å²) in [5, 5.41) is 20.1. The van der Waals surface area contributed by atoms with Crippen molar-refractivity contribution in [3.63, 3.8) is 0 Å². The van der Waals surface area contributed by atoms with Gasteiger partial charge in [0.15, 0.2) is 17.1 Å². The number of carbonyl (C=O) groups excluding carboxylic acids is 1. The third kappa shape index (κ3) is 5.32. The fraction of sp³-hybridized carbons (Fsp3) is 0.174. The van der Waals surface area contributed by atoms with Crippen molar-refractivity contribution >= 4 is 28.6 Å². The molecule has 5 rings (SSSR count). The van der Waals surface area contributed by atoms with Crippen molar-refractivity contribution in [3.05, 3.63) is 71.8 Å². The molecule has 5 aromatic rings. The molecule has 0 fully saturated rings. The molecule has 0 saturated carbocycles. The van der Waals surface area contributed by atoms with Crippen LogP contribution in [-0.2, 0) is 23.6 Å². The predicted octanol–water partition coefficient (Wildman–Crippen LogP) is 3.83. The molecule has 0 aliphatic carbocycles. The lowest BCUT2D eigenvalue weighted by atomic mass is 10.2. The summed E-state index contributed by atoms with van der Waals surface area (Å²) < 4.78 is 31.3. The molecule has 0 radical (unpaired) electrons. The number of nitrogens with zero attached hydrogens (tertiary/aromatic N) is 5.